The fourth-order valence-corrected chi connectivity index (χ4v) is 1.15. The molecule has 0 heterocycles. The summed E-state index contributed by atoms with van der Waals surface area (Å²) in [7, 11) is 0. The van der Waals surface area contributed by atoms with Gasteiger partial charge in [-0.2, -0.15) is 0 Å². The first-order valence-electron chi connectivity index (χ1n) is 7.65. The van der Waals surface area contributed by atoms with Gasteiger partial charge in [0.15, 0.2) is 6.29 Å². The average molecular weight is 354 g/mol. The molecule has 0 aliphatic heterocycles. The Balaban J connectivity index is 0. The molecule has 0 aliphatic carbocycles. The Kier molecular flexibility index (Phi) is 23.0. The first kappa shape index (κ1) is 25.2. The van der Waals surface area contributed by atoms with Crippen molar-refractivity contribution in [1.82, 2.24) is 0 Å². The number of aliphatic hydroxyl groups excluding tert-OH is 2. The van der Waals surface area contributed by atoms with E-state index in [4.69, 9.17) is 33.9 Å². The van der Waals surface area contributed by atoms with Crippen LogP contribution in [0.3, 0.4) is 0 Å². The van der Waals surface area contributed by atoms with Crippen LogP contribution < -0.4 is 0 Å². The van der Waals surface area contributed by atoms with Crippen molar-refractivity contribution >= 4 is 5.97 Å². The van der Waals surface area contributed by atoms with Crippen molar-refractivity contribution in [3.8, 4) is 0 Å². The van der Waals surface area contributed by atoms with Crippen LogP contribution in [0.4, 0.5) is 0 Å². The predicted octanol–water partition coefficient (Wildman–Crippen LogP) is -0.343. The van der Waals surface area contributed by atoms with E-state index in [9.17, 15) is 9.90 Å². The number of carboxylic acid groups (broad SMARTS) is 1. The van der Waals surface area contributed by atoms with Gasteiger partial charge in [-0.3, -0.25) is 0 Å². The Bertz CT molecular complexity index is 274. The summed E-state index contributed by atoms with van der Waals surface area (Å²) in [6.45, 7) is 8.53. The Morgan fingerprint density at radius 2 is 1.42 bits per heavy atom. The average Bonchev–Trinajstić information content (AvgIpc) is 2.56. The lowest BCUT2D eigenvalue weighted by atomic mass is 10.6. The molecule has 144 valence electrons. The van der Waals surface area contributed by atoms with E-state index in [1.807, 2.05) is 0 Å². The largest absolute Gasteiger partial charge is 0.478 e. The molecule has 0 aromatic carbocycles. The van der Waals surface area contributed by atoms with E-state index in [2.05, 4.69) is 6.58 Å². The zero-order valence-corrected chi connectivity index (χ0v) is 14.2. The van der Waals surface area contributed by atoms with E-state index in [1.54, 1.807) is 6.92 Å². The van der Waals surface area contributed by atoms with Crippen molar-refractivity contribution in [2.75, 3.05) is 66.1 Å². The number of aliphatic carboxylic acids is 1. The molecule has 0 radical (unpaired) electrons. The number of hydrogen-bond donors (Lipinski definition) is 3. The summed E-state index contributed by atoms with van der Waals surface area (Å²) in [5, 5.41) is 25.2. The zero-order chi connectivity index (χ0) is 18.5. The summed E-state index contributed by atoms with van der Waals surface area (Å²) in [5.74, 6) is -0.981. The van der Waals surface area contributed by atoms with Gasteiger partial charge in [0.25, 0.3) is 0 Å². The fraction of sp³-hybridized carbons (Fsp3) is 0.800. The molecule has 0 fully saturated rings. The molecule has 0 aliphatic rings. The van der Waals surface area contributed by atoms with Gasteiger partial charge in [-0.25, -0.2) is 4.79 Å². The van der Waals surface area contributed by atoms with Gasteiger partial charge in [0, 0.05) is 12.7 Å². The second-order valence-electron chi connectivity index (χ2n) is 4.09. The Morgan fingerprint density at radius 1 is 1.00 bits per heavy atom. The highest BCUT2D eigenvalue weighted by Crippen LogP contribution is 1.88. The van der Waals surface area contributed by atoms with Crippen molar-refractivity contribution in [3.05, 3.63) is 12.7 Å². The molecule has 3 N–H and O–H groups in total. The van der Waals surface area contributed by atoms with Crippen molar-refractivity contribution < 1.29 is 43.8 Å². The molecular formula is C15H30O9. The smallest absolute Gasteiger partial charge is 0.327 e. The van der Waals surface area contributed by atoms with Crippen LogP contribution in [0.1, 0.15) is 6.92 Å². The molecule has 0 spiro atoms. The third-order valence-corrected chi connectivity index (χ3v) is 2.15. The molecule has 1 atom stereocenters. The minimum Gasteiger partial charge on any atom is -0.478 e. The van der Waals surface area contributed by atoms with Crippen molar-refractivity contribution in [3.63, 3.8) is 0 Å². The van der Waals surface area contributed by atoms with E-state index in [0.717, 1.165) is 6.08 Å². The molecular weight excluding hydrogens is 324 g/mol. The molecule has 0 aromatic rings. The molecule has 0 saturated heterocycles. The summed E-state index contributed by atoms with van der Waals surface area (Å²) in [4.78, 5) is 9.25. The monoisotopic (exact) mass is 354 g/mol. The second-order valence-corrected chi connectivity index (χ2v) is 4.09. The molecule has 0 aromatic heterocycles. The lowest BCUT2D eigenvalue weighted by Crippen LogP contribution is -2.20. The predicted molar refractivity (Wildman–Crippen MR) is 85.8 cm³/mol. The van der Waals surface area contributed by atoms with Crippen LogP contribution in [0, 0.1) is 0 Å². The van der Waals surface area contributed by atoms with Gasteiger partial charge in [-0.15, -0.1) is 0 Å². The second kappa shape index (κ2) is 21.9. The number of aliphatic hydroxyl groups is 2. The lowest BCUT2D eigenvalue weighted by molar-refractivity contribution is -0.138. The third kappa shape index (κ3) is 25.9. The van der Waals surface area contributed by atoms with E-state index in [0.29, 0.717) is 52.9 Å². The van der Waals surface area contributed by atoms with E-state index >= 15 is 0 Å². The Labute approximate surface area is 142 Å². The number of carboxylic acids is 1. The highest BCUT2D eigenvalue weighted by molar-refractivity contribution is 5.78. The molecule has 0 saturated carbocycles. The number of carbonyl (C=O) groups is 1. The van der Waals surface area contributed by atoms with E-state index in [-0.39, 0.29) is 13.2 Å². The van der Waals surface area contributed by atoms with Crippen molar-refractivity contribution in [2.45, 2.75) is 13.2 Å². The molecule has 0 amide bonds. The van der Waals surface area contributed by atoms with Gasteiger partial charge in [-0.05, 0) is 6.92 Å². The van der Waals surface area contributed by atoms with Crippen molar-refractivity contribution in [1.29, 1.82) is 0 Å². The number of rotatable bonds is 16. The van der Waals surface area contributed by atoms with Gasteiger partial charge in [0.2, 0.25) is 0 Å². The number of ether oxygens (including phenoxy) is 5. The summed E-state index contributed by atoms with van der Waals surface area (Å²) >= 11 is 0. The maximum absolute atomic E-state index is 9.25. The van der Waals surface area contributed by atoms with Gasteiger partial charge in [0.05, 0.1) is 59.5 Å². The highest BCUT2D eigenvalue weighted by atomic mass is 16.6. The quantitative estimate of drug-likeness (QED) is 0.194. The first-order valence-corrected chi connectivity index (χ1v) is 7.65. The fourth-order valence-electron chi connectivity index (χ4n) is 1.15. The third-order valence-electron chi connectivity index (χ3n) is 2.15. The Hall–Kier alpha value is -1.07. The van der Waals surface area contributed by atoms with Crippen LogP contribution in [0.2, 0.25) is 0 Å². The Morgan fingerprint density at radius 3 is 1.79 bits per heavy atom. The van der Waals surface area contributed by atoms with Gasteiger partial charge in [0.1, 0.15) is 0 Å². The topological polar surface area (TPSA) is 124 Å². The van der Waals surface area contributed by atoms with Crippen molar-refractivity contribution in [2.24, 2.45) is 0 Å². The molecule has 0 bridgehead atoms. The molecule has 0 rings (SSSR count). The van der Waals surface area contributed by atoms with Crippen LogP contribution in [0.15, 0.2) is 12.7 Å². The maximum Gasteiger partial charge on any atom is 0.327 e. The number of hydrogen-bond acceptors (Lipinski definition) is 8. The normalized spacial score (nSPS) is 11.5. The molecule has 1 unspecified atom stereocenters. The van der Waals surface area contributed by atoms with E-state index < -0.39 is 12.3 Å². The lowest BCUT2D eigenvalue weighted by Gasteiger charge is -2.11. The zero-order valence-electron chi connectivity index (χ0n) is 14.2. The molecule has 9 heteroatoms. The standard InChI is InChI=1S/C12H26O7.C3H4O2/c1-2-19-12(14)11-18-10-9-17-8-7-16-6-5-15-4-3-13;1-2-3(4)5/h12-14H,2-11H2,1H3;2H,1H2,(H,4,5). The minimum atomic E-state index is -0.981. The van der Waals surface area contributed by atoms with Crippen LogP contribution >= 0.6 is 0 Å². The highest BCUT2D eigenvalue weighted by Gasteiger charge is 2.01. The summed E-state index contributed by atoms with van der Waals surface area (Å²) < 4.78 is 25.5. The summed E-state index contributed by atoms with van der Waals surface area (Å²) in [5.41, 5.74) is 0. The van der Waals surface area contributed by atoms with Gasteiger partial charge in [-0.1, -0.05) is 6.58 Å². The summed E-state index contributed by atoms with van der Waals surface area (Å²) in [6.07, 6.45) is -0.0349. The molecule has 9 nitrogen and oxygen atoms in total. The van der Waals surface area contributed by atoms with Crippen LogP contribution in [-0.4, -0.2) is 93.6 Å². The van der Waals surface area contributed by atoms with Crippen LogP contribution in [0.5, 0.6) is 0 Å². The van der Waals surface area contributed by atoms with E-state index in [1.165, 1.54) is 0 Å². The first-order chi connectivity index (χ1) is 11.6. The SMILES string of the molecule is C=CC(=O)O.CCOC(O)COCCOCCOCCOCCO. The molecule has 24 heavy (non-hydrogen) atoms. The van der Waals surface area contributed by atoms with Gasteiger partial charge < -0.3 is 39.0 Å². The summed E-state index contributed by atoms with van der Waals surface area (Å²) in [6, 6.07) is 0. The van der Waals surface area contributed by atoms with Gasteiger partial charge >= 0.3 is 5.97 Å². The van der Waals surface area contributed by atoms with Crippen LogP contribution in [0.25, 0.3) is 0 Å². The maximum atomic E-state index is 9.25. The minimum absolute atomic E-state index is 0.0289. The van der Waals surface area contributed by atoms with Crippen LogP contribution in [-0.2, 0) is 28.5 Å².